The summed E-state index contributed by atoms with van der Waals surface area (Å²) >= 11 is 3.59. The van der Waals surface area contributed by atoms with Gasteiger partial charge >= 0.3 is 5.97 Å². The van der Waals surface area contributed by atoms with E-state index < -0.39 is 59.6 Å². The van der Waals surface area contributed by atoms with E-state index in [9.17, 15) is 24.3 Å². The third-order valence-corrected chi connectivity index (χ3v) is 10.4. The fraction of sp³-hybridized carbons (Fsp3) is 0.588. The first-order chi connectivity index (χ1) is 21.6. The van der Waals surface area contributed by atoms with Crippen molar-refractivity contribution >= 4 is 39.6 Å². The number of cyclic esters (lactones) is 1. The Morgan fingerprint density at radius 1 is 1.09 bits per heavy atom. The van der Waals surface area contributed by atoms with E-state index >= 15 is 0 Å². The molecule has 0 saturated carbocycles. The number of nitrogens with zero attached hydrogens (tertiary/aromatic N) is 2. The minimum atomic E-state index is -1.42. The van der Waals surface area contributed by atoms with Gasteiger partial charge < -0.3 is 29.7 Å². The molecule has 0 aliphatic carbocycles. The molecular weight excluding hydrogens is 642 g/mol. The SMILES string of the molecule is CCCC(C)N1C/C=C\CCC(=O)N[C@H](C)[C@@H](c2ccccc2)OC(=O)[C@@H]2[C@H]3O[C@@]4(C=C3Br)[C@H](C1=O)N([C@@H](CC)CO)C(=O)[C@@H]24. The molecule has 1 aromatic rings. The fourth-order valence-electron chi connectivity index (χ4n) is 7.46. The van der Waals surface area contributed by atoms with Crippen LogP contribution in [0.15, 0.2) is 53.0 Å². The minimum Gasteiger partial charge on any atom is -0.455 e. The number of amides is 3. The molecule has 9 atom stereocenters. The van der Waals surface area contributed by atoms with Crippen molar-refractivity contribution < 1.29 is 33.8 Å². The maximum absolute atomic E-state index is 14.8. The molecule has 2 fully saturated rings. The van der Waals surface area contributed by atoms with E-state index in [1.807, 2.05) is 56.3 Å². The van der Waals surface area contributed by atoms with Gasteiger partial charge in [0.15, 0.2) is 0 Å². The van der Waals surface area contributed by atoms with Crippen LogP contribution in [0.25, 0.3) is 0 Å². The van der Waals surface area contributed by atoms with Crippen molar-refractivity contribution in [2.45, 2.75) is 102 Å². The van der Waals surface area contributed by atoms with E-state index in [2.05, 4.69) is 28.2 Å². The van der Waals surface area contributed by atoms with Gasteiger partial charge in [0.1, 0.15) is 29.8 Å². The van der Waals surface area contributed by atoms with Gasteiger partial charge in [-0.2, -0.15) is 0 Å². The van der Waals surface area contributed by atoms with Crippen molar-refractivity contribution in [2.75, 3.05) is 13.2 Å². The van der Waals surface area contributed by atoms with Gasteiger partial charge in [0.2, 0.25) is 17.7 Å². The number of fused-ring (bicyclic) bond motifs is 2. The Morgan fingerprint density at radius 2 is 1.82 bits per heavy atom. The molecule has 45 heavy (non-hydrogen) atoms. The van der Waals surface area contributed by atoms with Gasteiger partial charge in [-0.15, -0.1) is 0 Å². The summed E-state index contributed by atoms with van der Waals surface area (Å²) in [5, 5.41) is 13.4. The average molecular weight is 687 g/mol. The molecule has 4 aliphatic rings. The molecule has 1 aromatic carbocycles. The normalized spacial score (nSPS) is 34.2. The number of aliphatic hydroxyl groups excluding tert-OH is 1. The number of likely N-dealkylation sites (tertiary alicyclic amines) is 1. The summed E-state index contributed by atoms with van der Waals surface area (Å²) in [6.07, 6.45) is 6.61. The van der Waals surface area contributed by atoms with Gasteiger partial charge in [-0.25, -0.2) is 0 Å². The molecule has 10 nitrogen and oxygen atoms in total. The van der Waals surface area contributed by atoms with E-state index in [1.54, 1.807) is 17.9 Å². The summed E-state index contributed by atoms with van der Waals surface area (Å²) < 4.78 is 13.4. The Balaban J connectivity index is 1.64. The molecule has 0 radical (unpaired) electrons. The standard InChI is InChI=1S/C34H44BrN3O7/c1-5-13-20(3)37-17-12-8-11-16-25(40)36-21(4)28(22-14-9-7-10-15-22)44-33(43)26-27-31(41)38(23(6-2)19-39)30(32(37)42)34(27)18-24(35)29(26)45-34/h7-10,12,14-15,18,20-21,23,26-30,39H,5-6,11,13,16-17,19H2,1-4H3,(H,36,40)/b12-8-/t20?,21-,23+,26+,27-,28+,29+,30+,34-/m1/s1. The zero-order valence-electron chi connectivity index (χ0n) is 26.4. The lowest BCUT2D eigenvalue weighted by Gasteiger charge is -2.40. The predicted octanol–water partition coefficient (Wildman–Crippen LogP) is 3.79. The first-order valence-corrected chi connectivity index (χ1v) is 16.9. The molecule has 4 aliphatic heterocycles. The van der Waals surface area contributed by atoms with Gasteiger partial charge in [-0.05, 0) is 44.7 Å². The van der Waals surface area contributed by atoms with Crippen molar-refractivity contribution in [1.29, 1.82) is 0 Å². The zero-order valence-corrected chi connectivity index (χ0v) is 27.9. The molecule has 5 rings (SSSR count). The van der Waals surface area contributed by atoms with Crippen LogP contribution in [-0.4, -0.2) is 87.6 Å². The first-order valence-electron chi connectivity index (χ1n) is 16.1. The maximum atomic E-state index is 14.8. The van der Waals surface area contributed by atoms with E-state index in [0.29, 0.717) is 22.9 Å². The Hall–Kier alpha value is -3.02. The van der Waals surface area contributed by atoms with Gasteiger partial charge in [0.25, 0.3) is 0 Å². The van der Waals surface area contributed by atoms with Crippen LogP contribution >= 0.6 is 15.9 Å². The average Bonchev–Trinajstić information content (AvgIpc) is 3.61. The lowest BCUT2D eigenvalue weighted by molar-refractivity contribution is -0.162. The number of hydrogen-bond acceptors (Lipinski definition) is 7. The van der Waals surface area contributed by atoms with E-state index in [4.69, 9.17) is 9.47 Å². The largest absolute Gasteiger partial charge is 0.455 e. The number of aliphatic hydroxyl groups is 1. The van der Waals surface area contributed by atoms with Crippen molar-refractivity contribution in [1.82, 2.24) is 15.1 Å². The topological polar surface area (TPSA) is 125 Å². The smallest absolute Gasteiger partial charge is 0.313 e. The summed E-state index contributed by atoms with van der Waals surface area (Å²) in [6, 6.07) is 6.73. The second-order valence-corrected chi connectivity index (χ2v) is 13.5. The van der Waals surface area contributed by atoms with Crippen LogP contribution < -0.4 is 5.32 Å². The highest BCUT2D eigenvalue weighted by atomic mass is 79.9. The molecule has 4 heterocycles. The van der Waals surface area contributed by atoms with Crippen LogP contribution in [0.3, 0.4) is 0 Å². The fourth-order valence-corrected chi connectivity index (χ4v) is 8.19. The predicted molar refractivity (Wildman–Crippen MR) is 171 cm³/mol. The molecule has 1 spiro atoms. The van der Waals surface area contributed by atoms with E-state index in [0.717, 1.165) is 12.8 Å². The van der Waals surface area contributed by atoms with Gasteiger partial charge in [-0.3, -0.25) is 19.2 Å². The number of allylic oxidation sites excluding steroid dienone is 1. The van der Waals surface area contributed by atoms with Crippen molar-refractivity contribution in [3.05, 3.63) is 58.6 Å². The molecule has 5 bridgehead atoms. The summed E-state index contributed by atoms with van der Waals surface area (Å²) in [6.45, 7) is 7.62. The minimum absolute atomic E-state index is 0.154. The number of carbonyl (C=O) groups excluding carboxylic acids is 4. The molecule has 2 N–H and O–H groups in total. The quantitative estimate of drug-likeness (QED) is 0.331. The summed E-state index contributed by atoms with van der Waals surface area (Å²) in [5.74, 6) is -3.61. The molecule has 11 heteroatoms. The molecule has 1 unspecified atom stereocenters. The van der Waals surface area contributed by atoms with Crippen LogP contribution in [0.2, 0.25) is 0 Å². The van der Waals surface area contributed by atoms with Gasteiger partial charge in [0, 0.05) is 23.5 Å². The molecule has 244 valence electrons. The summed E-state index contributed by atoms with van der Waals surface area (Å²) in [4.78, 5) is 59.7. The van der Waals surface area contributed by atoms with Gasteiger partial charge in [-0.1, -0.05) is 78.7 Å². The Labute approximate surface area is 273 Å². The van der Waals surface area contributed by atoms with E-state index in [1.165, 1.54) is 4.90 Å². The second-order valence-electron chi connectivity index (χ2n) is 12.6. The van der Waals surface area contributed by atoms with Crippen LogP contribution in [0.5, 0.6) is 0 Å². The highest BCUT2D eigenvalue weighted by Crippen LogP contribution is 2.59. The zero-order chi connectivity index (χ0) is 32.5. The Bertz CT molecular complexity index is 1350. The van der Waals surface area contributed by atoms with Gasteiger partial charge in [0.05, 0.1) is 24.6 Å². The Morgan fingerprint density at radius 3 is 2.49 bits per heavy atom. The van der Waals surface area contributed by atoms with Crippen molar-refractivity contribution in [3.8, 4) is 0 Å². The lowest BCUT2D eigenvalue weighted by Crippen LogP contribution is -2.59. The third-order valence-electron chi connectivity index (χ3n) is 9.69. The lowest BCUT2D eigenvalue weighted by atomic mass is 9.74. The van der Waals surface area contributed by atoms with Crippen LogP contribution in [0.1, 0.15) is 71.5 Å². The first kappa shape index (κ1) is 33.3. The van der Waals surface area contributed by atoms with E-state index in [-0.39, 0.29) is 37.4 Å². The molecule has 2 saturated heterocycles. The molecular formula is C34H44BrN3O7. The highest BCUT2D eigenvalue weighted by Gasteiger charge is 2.75. The molecule has 3 amide bonds. The third kappa shape index (κ3) is 5.99. The number of ether oxygens (including phenoxy) is 2. The Kier molecular flexibility index (Phi) is 10.2. The second kappa shape index (κ2) is 13.8. The van der Waals surface area contributed by atoms with Crippen molar-refractivity contribution in [3.63, 3.8) is 0 Å². The monoisotopic (exact) mass is 685 g/mol. The maximum Gasteiger partial charge on any atom is 0.313 e. The highest BCUT2D eigenvalue weighted by molar-refractivity contribution is 9.11. The van der Waals surface area contributed by atoms with Crippen LogP contribution in [-0.2, 0) is 28.7 Å². The number of halogens is 1. The number of benzene rings is 1. The molecule has 0 aromatic heterocycles. The summed E-state index contributed by atoms with van der Waals surface area (Å²) in [5.41, 5.74) is -0.724. The summed E-state index contributed by atoms with van der Waals surface area (Å²) in [7, 11) is 0. The number of carbonyl (C=O) groups is 4. The number of rotatable bonds is 7. The van der Waals surface area contributed by atoms with Crippen LogP contribution in [0.4, 0.5) is 0 Å². The number of hydrogen-bond donors (Lipinski definition) is 2. The number of nitrogens with one attached hydrogen (secondary N) is 1. The van der Waals surface area contributed by atoms with Crippen molar-refractivity contribution in [2.24, 2.45) is 11.8 Å². The van der Waals surface area contributed by atoms with Crippen LogP contribution in [0, 0.1) is 11.8 Å². The number of esters is 1.